The SMILES string of the molecule is CC(C)(CNC(=O)OC(C)(C)C)NCc1ccc(C(=O)O)o1. The molecule has 22 heavy (non-hydrogen) atoms. The number of carbonyl (C=O) groups excluding carboxylic acids is 1. The molecule has 1 rings (SSSR count). The molecule has 0 aliphatic rings. The first kappa shape index (κ1) is 18.0. The van der Waals surface area contributed by atoms with Crippen LogP contribution in [0.2, 0.25) is 0 Å². The van der Waals surface area contributed by atoms with Gasteiger partial charge in [-0.1, -0.05) is 0 Å². The highest BCUT2D eigenvalue weighted by molar-refractivity contribution is 5.84. The van der Waals surface area contributed by atoms with E-state index >= 15 is 0 Å². The fourth-order valence-electron chi connectivity index (χ4n) is 1.58. The molecule has 124 valence electrons. The minimum atomic E-state index is -1.10. The normalized spacial score (nSPS) is 12.0. The highest BCUT2D eigenvalue weighted by Gasteiger charge is 2.22. The van der Waals surface area contributed by atoms with Crippen LogP contribution in [0.25, 0.3) is 0 Å². The largest absolute Gasteiger partial charge is 0.475 e. The lowest BCUT2D eigenvalue weighted by Crippen LogP contribution is -2.49. The summed E-state index contributed by atoms with van der Waals surface area (Å²) in [6, 6.07) is 3.01. The molecule has 0 bridgehead atoms. The predicted octanol–water partition coefficient (Wildman–Crippen LogP) is 2.37. The van der Waals surface area contributed by atoms with Crippen molar-refractivity contribution >= 4 is 12.1 Å². The Hall–Kier alpha value is -2.02. The molecule has 0 saturated carbocycles. The fraction of sp³-hybridized carbons (Fsp3) is 0.600. The van der Waals surface area contributed by atoms with E-state index in [9.17, 15) is 9.59 Å². The van der Waals surface area contributed by atoms with E-state index in [1.165, 1.54) is 6.07 Å². The molecule has 0 saturated heterocycles. The van der Waals surface area contributed by atoms with Crippen molar-refractivity contribution in [3.63, 3.8) is 0 Å². The first-order valence-corrected chi connectivity index (χ1v) is 7.02. The highest BCUT2D eigenvalue weighted by atomic mass is 16.6. The van der Waals surface area contributed by atoms with E-state index in [4.69, 9.17) is 14.3 Å². The maximum absolute atomic E-state index is 11.6. The number of carboxylic acid groups (broad SMARTS) is 1. The van der Waals surface area contributed by atoms with Crippen molar-refractivity contribution < 1.29 is 23.8 Å². The molecule has 0 aliphatic carbocycles. The highest BCUT2D eigenvalue weighted by Crippen LogP contribution is 2.10. The van der Waals surface area contributed by atoms with Crippen LogP contribution in [0.4, 0.5) is 4.79 Å². The molecule has 0 atom stereocenters. The molecule has 0 aromatic carbocycles. The Morgan fingerprint density at radius 3 is 2.36 bits per heavy atom. The third kappa shape index (κ3) is 6.62. The number of carbonyl (C=O) groups is 2. The number of aromatic carboxylic acids is 1. The van der Waals surface area contributed by atoms with Gasteiger partial charge in [0.05, 0.1) is 6.54 Å². The van der Waals surface area contributed by atoms with Crippen LogP contribution in [0.3, 0.4) is 0 Å². The zero-order valence-electron chi connectivity index (χ0n) is 13.6. The Balaban J connectivity index is 2.43. The molecule has 7 heteroatoms. The van der Waals surface area contributed by atoms with Gasteiger partial charge in [-0.25, -0.2) is 9.59 Å². The lowest BCUT2D eigenvalue weighted by molar-refractivity contribution is 0.0512. The summed E-state index contributed by atoms with van der Waals surface area (Å²) in [7, 11) is 0. The molecule has 0 spiro atoms. The number of rotatable bonds is 6. The van der Waals surface area contributed by atoms with Crippen molar-refractivity contribution in [3.8, 4) is 0 Å². The molecular formula is C15H24N2O5. The van der Waals surface area contributed by atoms with Gasteiger partial charge in [0.15, 0.2) is 0 Å². The van der Waals surface area contributed by atoms with Gasteiger partial charge in [0.2, 0.25) is 5.76 Å². The number of ether oxygens (including phenoxy) is 1. The van der Waals surface area contributed by atoms with Gasteiger partial charge in [-0.2, -0.15) is 0 Å². The minimum absolute atomic E-state index is 0.0958. The maximum Gasteiger partial charge on any atom is 0.407 e. The van der Waals surface area contributed by atoms with E-state index in [0.717, 1.165) is 0 Å². The third-order valence-electron chi connectivity index (χ3n) is 2.69. The second-order valence-electron chi connectivity index (χ2n) is 6.66. The van der Waals surface area contributed by atoms with Crippen LogP contribution in [0.1, 0.15) is 50.9 Å². The summed E-state index contributed by atoms with van der Waals surface area (Å²) in [4.78, 5) is 22.3. The van der Waals surface area contributed by atoms with Crippen molar-refractivity contribution in [1.29, 1.82) is 0 Å². The van der Waals surface area contributed by atoms with Gasteiger partial charge in [0, 0.05) is 12.1 Å². The van der Waals surface area contributed by atoms with E-state index < -0.39 is 23.2 Å². The van der Waals surface area contributed by atoms with Crippen LogP contribution in [0, 0.1) is 0 Å². The van der Waals surface area contributed by atoms with Crippen LogP contribution in [0.5, 0.6) is 0 Å². The molecule has 0 aliphatic heterocycles. The number of amides is 1. The molecule has 1 aromatic rings. The number of hydrogen-bond acceptors (Lipinski definition) is 5. The van der Waals surface area contributed by atoms with Crippen LogP contribution >= 0.6 is 0 Å². The van der Waals surface area contributed by atoms with E-state index in [0.29, 0.717) is 18.8 Å². The predicted molar refractivity (Wildman–Crippen MR) is 80.8 cm³/mol. The van der Waals surface area contributed by atoms with Crippen molar-refractivity contribution in [2.24, 2.45) is 0 Å². The van der Waals surface area contributed by atoms with Crippen LogP contribution in [-0.4, -0.2) is 34.9 Å². The minimum Gasteiger partial charge on any atom is -0.475 e. The Morgan fingerprint density at radius 2 is 1.86 bits per heavy atom. The van der Waals surface area contributed by atoms with Crippen molar-refractivity contribution in [2.45, 2.75) is 52.3 Å². The van der Waals surface area contributed by atoms with Gasteiger partial charge in [-0.3, -0.25) is 0 Å². The molecule has 0 fully saturated rings. The number of carboxylic acids is 1. The molecule has 0 unspecified atom stereocenters. The zero-order valence-corrected chi connectivity index (χ0v) is 13.6. The summed E-state index contributed by atoms with van der Waals surface area (Å²) < 4.78 is 10.3. The van der Waals surface area contributed by atoms with Crippen LogP contribution in [0.15, 0.2) is 16.5 Å². The van der Waals surface area contributed by atoms with Crippen molar-refractivity contribution in [1.82, 2.24) is 10.6 Å². The lowest BCUT2D eigenvalue weighted by atomic mass is 10.1. The number of hydrogen-bond donors (Lipinski definition) is 3. The van der Waals surface area contributed by atoms with E-state index in [1.807, 2.05) is 13.8 Å². The summed E-state index contributed by atoms with van der Waals surface area (Å²) in [6.07, 6.45) is -0.478. The van der Waals surface area contributed by atoms with Crippen LogP contribution < -0.4 is 10.6 Å². The average molecular weight is 312 g/mol. The maximum atomic E-state index is 11.6. The summed E-state index contributed by atoms with van der Waals surface area (Å²) in [5.74, 6) is -0.679. The standard InChI is InChI=1S/C15H24N2O5/c1-14(2,3)22-13(20)16-9-15(4,5)17-8-10-6-7-11(21-10)12(18)19/h6-7,17H,8-9H2,1-5H3,(H,16,20)(H,18,19). The Kier molecular flexibility index (Phi) is 5.59. The molecular weight excluding hydrogens is 288 g/mol. The van der Waals surface area contributed by atoms with Gasteiger partial charge in [0.25, 0.3) is 0 Å². The van der Waals surface area contributed by atoms with Gasteiger partial charge in [-0.15, -0.1) is 0 Å². The lowest BCUT2D eigenvalue weighted by Gasteiger charge is -2.27. The molecule has 1 aromatic heterocycles. The van der Waals surface area contributed by atoms with E-state index in [2.05, 4.69) is 10.6 Å². The quantitative estimate of drug-likeness (QED) is 0.745. The van der Waals surface area contributed by atoms with Crippen molar-refractivity contribution in [3.05, 3.63) is 23.7 Å². The first-order chi connectivity index (χ1) is 9.98. The van der Waals surface area contributed by atoms with Gasteiger partial charge in [-0.05, 0) is 46.8 Å². The Bertz CT molecular complexity index is 528. The molecule has 1 amide bonds. The Labute approximate surface area is 130 Å². The molecule has 0 radical (unpaired) electrons. The second-order valence-corrected chi connectivity index (χ2v) is 6.66. The zero-order chi connectivity index (χ0) is 17.0. The van der Waals surface area contributed by atoms with Gasteiger partial charge < -0.3 is 24.9 Å². The van der Waals surface area contributed by atoms with Gasteiger partial charge in [0.1, 0.15) is 11.4 Å². The second kappa shape index (κ2) is 6.83. The summed E-state index contributed by atoms with van der Waals surface area (Å²) >= 11 is 0. The first-order valence-electron chi connectivity index (χ1n) is 7.02. The monoisotopic (exact) mass is 312 g/mol. The van der Waals surface area contributed by atoms with Gasteiger partial charge >= 0.3 is 12.1 Å². The molecule has 1 heterocycles. The topological polar surface area (TPSA) is 101 Å². The number of alkyl carbamates (subject to hydrolysis) is 1. The summed E-state index contributed by atoms with van der Waals surface area (Å²) in [6.45, 7) is 9.92. The number of furan rings is 1. The molecule has 7 nitrogen and oxygen atoms in total. The summed E-state index contributed by atoms with van der Waals surface area (Å²) in [5.41, 5.74) is -0.948. The Morgan fingerprint density at radius 1 is 1.23 bits per heavy atom. The van der Waals surface area contributed by atoms with Crippen LogP contribution in [-0.2, 0) is 11.3 Å². The summed E-state index contributed by atoms with van der Waals surface area (Å²) in [5, 5.41) is 14.7. The van der Waals surface area contributed by atoms with E-state index in [1.54, 1.807) is 26.8 Å². The smallest absolute Gasteiger partial charge is 0.407 e. The van der Waals surface area contributed by atoms with E-state index in [-0.39, 0.29) is 5.76 Å². The fourth-order valence-corrected chi connectivity index (χ4v) is 1.58. The van der Waals surface area contributed by atoms with Crippen molar-refractivity contribution in [2.75, 3.05) is 6.54 Å². The average Bonchev–Trinajstić information content (AvgIpc) is 2.81. The molecule has 3 N–H and O–H groups in total. The third-order valence-corrected chi connectivity index (χ3v) is 2.69. The number of nitrogens with one attached hydrogen (secondary N) is 2.